The average Bonchev–Trinajstić information content (AvgIpc) is 2.60. The first-order valence-electron chi connectivity index (χ1n) is 9.18. The Balaban J connectivity index is 0.000000630. The van der Waals surface area contributed by atoms with E-state index in [1.54, 1.807) is 0 Å². The van der Waals surface area contributed by atoms with Gasteiger partial charge in [-0.3, -0.25) is 9.59 Å². The molecule has 0 spiro atoms. The molecule has 1 aromatic carbocycles. The summed E-state index contributed by atoms with van der Waals surface area (Å²) < 4.78 is 5.10. The number of aryl methyl sites for hydroxylation is 1. The fourth-order valence-corrected chi connectivity index (χ4v) is 1.94. The molecule has 0 atom stereocenters. The standard InChI is InChI=1S/C15H22O2.C3H5NO.C2H6/c1-2-9-15(16)17-13-8-4-7-12-14-10-5-3-6-11-14;5-3-1-2-4-3;1-2/h3,5-6,10-11H,2,4,7-9,12-13H2,1H3;1-2H2,(H,4,5);1-2H3. The van der Waals surface area contributed by atoms with Crippen molar-refractivity contribution in [1.82, 2.24) is 5.32 Å². The highest BCUT2D eigenvalue weighted by atomic mass is 16.5. The molecular formula is C20H33NO3. The van der Waals surface area contributed by atoms with Crippen molar-refractivity contribution < 1.29 is 14.3 Å². The van der Waals surface area contributed by atoms with Crippen LogP contribution < -0.4 is 5.32 Å². The minimum atomic E-state index is -0.0597. The minimum absolute atomic E-state index is 0.0597. The molecule has 136 valence electrons. The van der Waals surface area contributed by atoms with Crippen LogP contribution in [-0.4, -0.2) is 25.0 Å². The van der Waals surface area contributed by atoms with Crippen molar-refractivity contribution in [2.24, 2.45) is 0 Å². The number of β-lactam (4-membered cyclic amide) rings is 1. The molecule has 0 saturated carbocycles. The zero-order valence-corrected chi connectivity index (χ0v) is 15.5. The molecule has 1 aromatic rings. The third kappa shape index (κ3) is 12.7. The van der Waals surface area contributed by atoms with E-state index < -0.39 is 0 Å². The number of nitrogens with one attached hydrogen (secondary N) is 1. The van der Waals surface area contributed by atoms with Crippen LogP contribution in [0.3, 0.4) is 0 Å². The quantitative estimate of drug-likeness (QED) is 0.438. The Bertz CT molecular complexity index is 426. The summed E-state index contributed by atoms with van der Waals surface area (Å²) in [6.45, 7) is 7.45. The van der Waals surface area contributed by atoms with Crippen LogP contribution in [0.5, 0.6) is 0 Å². The summed E-state index contributed by atoms with van der Waals surface area (Å²) in [7, 11) is 0. The highest BCUT2D eigenvalue weighted by Gasteiger charge is 2.07. The van der Waals surface area contributed by atoms with Gasteiger partial charge in [-0.15, -0.1) is 0 Å². The van der Waals surface area contributed by atoms with Crippen LogP contribution in [0.2, 0.25) is 0 Å². The van der Waals surface area contributed by atoms with Gasteiger partial charge in [-0.25, -0.2) is 0 Å². The van der Waals surface area contributed by atoms with Gasteiger partial charge in [0.15, 0.2) is 0 Å². The van der Waals surface area contributed by atoms with Crippen molar-refractivity contribution in [3.63, 3.8) is 0 Å². The molecule has 1 amide bonds. The number of rotatable bonds is 8. The molecule has 1 fully saturated rings. The van der Waals surface area contributed by atoms with Crippen molar-refractivity contribution in [1.29, 1.82) is 0 Å². The Morgan fingerprint density at radius 3 is 2.25 bits per heavy atom. The lowest BCUT2D eigenvalue weighted by molar-refractivity contribution is -0.143. The van der Waals surface area contributed by atoms with Gasteiger partial charge in [0.1, 0.15) is 0 Å². The summed E-state index contributed by atoms with van der Waals surface area (Å²) in [6.07, 6.45) is 6.52. The molecule has 1 aliphatic heterocycles. The lowest BCUT2D eigenvalue weighted by Crippen LogP contribution is -2.37. The molecule has 0 aliphatic carbocycles. The predicted molar refractivity (Wildman–Crippen MR) is 98.8 cm³/mol. The van der Waals surface area contributed by atoms with Gasteiger partial charge in [0.2, 0.25) is 5.91 Å². The highest BCUT2D eigenvalue weighted by molar-refractivity contribution is 5.81. The Kier molecular flexibility index (Phi) is 14.8. The molecule has 1 saturated heterocycles. The number of unbranched alkanes of at least 4 members (excludes halogenated alkanes) is 2. The zero-order valence-electron chi connectivity index (χ0n) is 15.5. The van der Waals surface area contributed by atoms with Crippen LogP contribution in [0, 0.1) is 0 Å². The summed E-state index contributed by atoms with van der Waals surface area (Å²) >= 11 is 0. The third-order valence-electron chi connectivity index (χ3n) is 3.34. The summed E-state index contributed by atoms with van der Waals surface area (Å²) in [5, 5.41) is 2.57. The van der Waals surface area contributed by atoms with Crippen LogP contribution in [0.25, 0.3) is 0 Å². The summed E-state index contributed by atoms with van der Waals surface area (Å²) in [5.41, 5.74) is 1.38. The van der Waals surface area contributed by atoms with E-state index in [2.05, 4.69) is 29.6 Å². The molecule has 4 nitrogen and oxygen atoms in total. The molecule has 0 aromatic heterocycles. The maximum atomic E-state index is 11.1. The van der Waals surface area contributed by atoms with Gasteiger partial charge >= 0.3 is 5.97 Å². The van der Waals surface area contributed by atoms with Crippen molar-refractivity contribution in [3.05, 3.63) is 35.9 Å². The number of carbonyl (C=O) groups is 2. The first-order chi connectivity index (χ1) is 11.7. The van der Waals surface area contributed by atoms with Gasteiger partial charge in [0.05, 0.1) is 6.61 Å². The first-order valence-corrected chi connectivity index (χ1v) is 9.18. The smallest absolute Gasteiger partial charge is 0.305 e. The molecule has 0 radical (unpaired) electrons. The van der Waals surface area contributed by atoms with E-state index >= 15 is 0 Å². The van der Waals surface area contributed by atoms with E-state index in [4.69, 9.17) is 4.74 Å². The van der Waals surface area contributed by atoms with Crippen LogP contribution in [0.4, 0.5) is 0 Å². The van der Waals surface area contributed by atoms with E-state index in [-0.39, 0.29) is 11.9 Å². The second kappa shape index (κ2) is 16.0. The molecule has 4 heteroatoms. The minimum Gasteiger partial charge on any atom is -0.466 e. The van der Waals surface area contributed by atoms with Gasteiger partial charge in [0, 0.05) is 19.4 Å². The number of ether oxygens (including phenoxy) is 1. The molecular weight excluding hydrogens is 302 g/mol. The van der Waals surface area contributed by atoms with E-state index in [9.17, 15) is 9.59 Å². The summed E-state index contributed by atoms with van der Waals surface area (Å²) in [4.78, 5) is 20.9. The predicted octanol–water partition coefficient (Wildman–Crippen LogP) is 4.28. The van der Waals surface area contributed by atoms with Crippen LogP contribution >= 0.6 is 0 Å². The number of esters is 1. The highest BCUT2D eigenvalue weighted by Crippen LogP contribution is 2.06. The Morgan fingerprint density at radius 1 is 1.12 bits per heavy atom. The monoisotopic (exact) mass is 335 g/mol. The van der Waals surface area contributed by atoms with Gasteiger partial charge in [-0.2, -0.15) is 0 Å². The lowest BCUT2D eigenvalue weighted by atomic mass is 10.1. The molecule has 24 heavy (non-hydrogen) atoms. The van der Waals surface area contributed by atoms with Crippen molar-refractivity contribution in [2.45, 2.75) is 65.7 Å². The topological polar surface area (TPSA) is 55.4 Å². The normalized spacial score (nSPS) is 11.7. The molecule has 2 rings (SSSR count). The fraction of sp³-hybridized carbons (Fsp3) is 0.600. The van der Waals surface area contributed by atoms with Crippen molar-refractivity contribution in [2.75, 3.05) is 13.2 Å². The largest absolute Gasteiger partial charge is 0.466 e. The van der Waals surface area contributed by atoms with Gasteiger partial charge in [-0.05, 0) is 37.7 Å². The maximum absolute atomic E-state index is 11.1. The van der Waals surface area contributed by atoms with E-state index in [1.165, 1.54) is 5.56 Å². The Morgan fingerprint density at radius 2 is 1.75 bits per heavy atom. The van der Waals surface area contributed by atoms with Gasteiger partial charge < -0.3 is 10.1 Å². The van der Waals surface area contributed by atoms with E-state index in [0.717, 1.165) is 45.1 Å². The van der Waals surface area contributed by atoms with Crippen LogP contribution in [-0.2, 0) is 20.7 Å². The van der Waals surface area contributed by atoms with Crippen LogP contribution in [0.1, 0.15) is 64.9 Å². The number of carbonyl (C=O) groups excluding carboxylic acids is 2. The van der Waals surface area contributed by atoms with E-state index in [1.807, 2.05) is 26.8 Å². The number of amides is 1. The second-order valence-electron chi connectivity index (χ2n) is 5.37. The molecule has 0 bridgehead atoms. The average molecular weight is 335 g/mol. The summed E-state index contributed by atoms with van der Waals surface area (Å²) in [6, 6.07) is 10.5. The molecule has 1 N–H and O–H groups in total. The maximum Gasteiger partial charge on any atom is 0.305 e. The van der Waals surface area contributed by atoms with Crippen LogP contribution in [0.15, 0.2) is 30.3 Å². The Hall–Kier alpha value is -1.84. The zero-order chi connectivity index (χ0) is 18.0. The Labute approximate surface area is 147 Å². The number of benzene rings is 1. The first kappa shape index (κ1) is 22.2. The molecule has 1 aliphatic rings. The van der Waals surface area contributed by atoms with E-state index in [0.29, 0.717) is 13.0 Å². The molecule has 1 heterocycles. The number of hydrogen-bond acceptors (Lipinski definition) is 3. The lowest BCUT2D eigenvalue weighted by Gasteiger charge is -2.10. The van der Waals surface area contributed by atoms with Crippen molar-refractivity contribution in [3.8, 4) is 0 Å². The summed E-state index contributed by atoms with van der Waals surface area (Å²) in [5.74, 6) is 0.126. The third-order valence-corrected chi connectivity index (χ3v) is 3.34. The SMILES string of the molecule is CC.CCCC(=O)OCCCCCc1ccccc1.O=C1CCN1. The fourth-order valence-electron chi connectivity index (χ4n) is 1.94. The van der Waals surface area contributed by atoms with Gasteiger partial charge in [-0.1, -0.05) is 51.1 Å². The van der Waals surface area contributed by atoms with Crippen molar-refractivity contribution >= 4 is 11.9 Å². The van der Waals surface area contributed by atoms with Gasteiger partial charge in [0.25, 0.3) is 0 Å². The second-order valence-corrected chi connectivity index (χ2v) is 5.37. The molecule has 0 unspecified atom stereocenters. The number of hydrogen-bond donors (Lipinski definition) is 1.